The van der Waals surface area contributed by atoms with Crippen LogP contribution in [0.4, 0.5) is 4.39 Å². The van der Waals surface area contributed by atoms with Gasteiger partial charge in [0.15, 0.2) is 0 Å². The molecule has 2 N–H and O–H groups in total. The van der Waals surface area contributed by atoms with Gasteiger partial charge in [-0.15, -0.1) is 0 Å². The van der Waals surface area contributed by atoms with E-state index in [4.69, 9.17) is 5.41 Å². The largest absolute Gasteiger partial charge is 0.367 e. The highest BCUT2D eigenvalue weighted by Crippen LogP contribution is 2.15. The second kappa shape index (κ2) is 7.05. The number of aromatic nitrogens is 1. The van der Waals surface area contributed by atoms with Crippen molar-refractivity contribution >= 4 is 5.71 Å². The van der Waals surface area contributed by atoms with Gasteiger partial charge in [0.2, 0.25) is 0 Å². The highest BCUT2D eigenvalue weighted by atomic mass is 19.1. The predicted molar refractivity (Wildman–Crippen MR) is 88.6 cm³/mol. The molecule has 0 radical (unpaired) electrons. The Kier molecular flexibility index (Phi) is 4.66. The Morgan fingerprint density at radius 1 is 1.22 bits per heavy atom. The van der Waals surface area contributed by atoms with E-state index in [1.165, 1.54) is 6.07 Å². The van der Waals surface area contributed by atoms with Crippen molar-refractivity contribution in [2.24, 2.45) is 0 Å². The standard InChI is InChI=1S/C18H19FN4/c19-15-7-2-1-6-14(15)13-22-18(23-10-5-11-23)12-16(20)17-8-3-4-9-21-17/h1-4,6-9,12,20,22H,5,10-11,13H2/b18-12+,20-16?. The molecule has 1 saturated heterocycles. The molecule has 0 amide bonds. The van der Waals surface area contributed by atoms with E-state index in [-0.39, 0.29) is 5.82 Å². The van der Waals surface area contributed by atoms with Crippen LogP contribution < -0.4 is 5.32 Å². The van der Waals surface area contributed by atoms with Crippen LogP contribution in [0.1, 0.15) is 17.7 Å². The lowest BCUT2D eigenvalue weighted by molar-refractivity contribution is 0.221. The van der Waals surface area contributed by atoms with Gasteiger partial charge in [-0.3, -0.25) is 10.4 Å². The van der Waals surface area contributed by atoms with Crippen LogP contribution in [-0.4, -0.2) is 28.7 Å². The third-order valence-electron chi connectivity index (χ3n) is 3.84. The Morgan fingerprint density at radius 3 is 2.65 bits per heavy atom. The lowest BCUT2D eigenvalue weighted by Gasteiger charge is -2.35. The number of allylic oxidation sites excluding steroid dienone is 1. The Bertz CT molecular complexity index is 708. The second-order valence-electron chi connectivity index (χ2n) is 5.44. The predicted octanol–water partition coefficient (Wildman–Crippen LogP) is 2.93. The molecule has 1 aliphatic heterocycles. The zero-order valence-electron chi connectivity index (χ0n) is 12.8. The van der Waals surface area contributed by atoms with E-state index in [1.807, 2.05) is 24.3 Å². The van der Waals surface area contributed by atoms with E-state index < -0.39 is 0 Å². The molecule has 1 aromatic carbocycles. The first-order valence-corrected chi connectivity index (χ1v) is 7.68. The van der Waals surface area contributed by atoms with Gasteiger partial charge in [-0.1, -0.05) is 24.3 Å². The topological polar surface area (TPSA) is 52.0 Å². The van der Waals surface area contributed by atoms with Crippen molar-refractivity contribution in [2.45, 2.75) is 13.0 Å². The summed E-state index contributed by atoms with van der Waals surface area (Å²) in [7, 11) is 0. The summed E-state index contributed by atoms with van der Waals surface area (Å²) in [5.74, 6) is 0.623. The first-order valence-electron chi connectivity index (χ1n) is 7.68. The van der Waals surface area contributed by atoms with Gasteiger partial charge in [0.25, 0.3) is 0 Å². The Morgan fingerprint density at radius 2 is 2.00 bits per heavy atom. The quantitative estimate of drug-likeness (QED) is 0.807. The maximum Gasteiger partial charge on any atom is 0.128 e. The molecule has 1 aliphatic rings. The minimum Gasteiger partial charge on any atom is -0.367 e. The first kappa shape index (κ1) is 15.2. The van der Waals surface area contributed by atoms with Gasteiger partial charge in [-0.2, -0.15) is 0 Å². The third kappa shape index (κ3) is 3.74. The minimum atomic E-state index is -0.220. The Labute approximate surface area is 135 Å². The van der Waals surface area contributed by atoms with Gasteiger partial charge in [0.1, 0.15) is 11.6 Å². The molecule has 0 saturated carbocycles. The molecule has 2 aromatic rings. The molecule has 0 spiro atoms. The number of pyridine rings is 1. The van der Waals surface area contributed by atoms with Crippen molar-refractivity contribution < 1.29 is 4.39 Å². The maximum absolute atomic E-state index is 13.7. The van der Waals surface area contributed by atoms with E-state index in [0.29, 0.717) is 23.5 Å². The monoisotopic (exact) mass is 310 g/mol. The number of likely N-dealkylation sites (tertiary alicyclic amines) is 1. The van der Waals surface area contributed by atoms with E-state index >= 15 is 0 Å². The Balaban J connectivity index is 1.74. The summed E-state index contributed by atoms with van der Waals surface area (Å²) >= 11 is 0. The molecule has 0 unspecified atom stereocenters. The van der Waals surface area contributed by atoms with E-state index in [9.17, 15) is 4.39 Å². The zero-order chi connectivity index (χ0) is 16.1. The summed E-state index contributed by atoms with van der Waals surface area (Å²) < 4.78 is 13.7. The highest BCUT2D eigenvalue weighted by Gasteiger charge is 2.18. The van der Waals surface area contributed by atoms with Crippen LogP contribution in [0.15, 0.2) is 60.6 Å². The summed E-state index contributed by atoms with van der Waals surface area (Å²) in [4.78, 5) is 6.34. The molecule has 0 bridgehead atoms. The van der Waals surface area contributed by atoms with E-state index in [0.717, 1.165) is 25.3 Å². The van der Waals surface area contributed by atoms with E-state index in [1.54, 1.807) is 24.4 Å². The normalized spacial score (nSPS) is 14.3. The van der Waals surface area contributed by atoms with Crippen molar-refractivity contribution in [3.63, 3.8) is 0 Å². The molecule has 0 atom stereocenters. The van der Waals surface area contributed by atoms with Crippen LogP contribution in [0.3, 0.4) is 0 Å². The number of nitrogens with one attached hydrogen (secondary N) is 2. The van der Waals surface area contributed by atoms with E-state index in [2.05, 4.69) is 15.2 Å². The minimum absolute atomic E-state index is 0.220. The molecule has 23 heavy (non-hydrogen) atoms. The van der Waals surface area contributed by atoms with Crippen molar-refractivity contribution in [3.05, 3.63) is 77.6 Å². The van der Waals surface area contributed by atoms with Gasteiger partial charge in [-0.05, 0) is 24.6 Å². The number of nitrogens with zero attached hydrogens (tertiary/aromatic N) is 2. The summed E-state index contributed by atoms with van der Waals surface area (Å²) in [6.07, 6.45) is 4.58. The zero-order valence-corrected chi connectivity index (χ0v) is 12.8. The molecule has 5 heteroatoms. The number of halogens is 1. The van der Waals surface area contributed by atoms with Crippen LogP contribution in [0.2, 0.25) is 0 Å². The average Bonchev–Trinajstić information content (AvgIpc) is 2.53. The lowest BCUT2D eigenvalue weighted by Crippen LogP contribution is -2.41. The van der Waals surface area contributed by atoms with Crippen LogP contribution in [-0.2, 0) is 6.54 Å². The van der Waals surface area contributed by atoms with Gasteiger partial charge in [0, 0.05) is 37.5 Å². The molecule has 0 aliphatic carbocycles. The van der Waals surface area contributed by atoms with Crippen LogP contribution in [0, 0.1) is 11.2 Å². The summed E-state index contributed by atoms with van der Waals surface area (Å²) in [5.41, 5.74) is 1.58. The molecule has 1 fully saturated rings. The number of rotatable bonds is 6. The molecule has 1 aromatic heterocycles. The summed E-state index contributed by atoms with van der Waals surface area (Å²) in [6.45, 7) is 2.29. The fourth-order valence-electron chi connectivity index (χ4n) is 2.37. The van der Waals surface area contributed by atoms with Crippen molar-refractivity contribution in [3.8, 4) is 0 Å². The molecule has 3 rings (SSSR count). The summed E-state index contributed by atoms with van der Waals surface area (Å²) in [5, 5.41) is 11.5. The molecule has 118 valence electrons. The van der Waals surface area contributed by atoms with Crippen LogP contribution >= 0.6 is 0 Å². The molecular weight excluding hydrogens is 291 g/mol. The van der Waals surface area contributed by atoms with Gasteiger partial charge in [0.05, 0.1) is 11.4 Å². The SMILES string of the molecule is N=C(/C=C(\NCc1ccccc1F)N1CCC1)c1ccccn1. The molecule has 2 heterocycles. The Hall–Kier alpha value is -2.69. The fraction of sp³-hybridized carbons (Fsp3) is 0.222. The second-order valence-corrected chi connectivity index (χ2v) is 5.44. The number of hydrogen-bond acceptors (Lipinski definition) is 4. The van der Waals surface area contributed by atoms with Crippen LogP contribution in [0.5, 0.6) is 0 Å². The van der Waals surface area contributed by atoms with Gasteiger partial charge < -0.3 is 10.2 Å². The number of hydrogen-bond donors (Lipinski definition) is 2. The fourth-order valence-corrected chi connectivity index (χ4v) is 2.37. The van der Waals surface area contributed by atoms with Crippen molar-refractivity contribution in [2.75, 3.05) is 13.1 Å². The maximum atomic E-state index is 13.7. The van der Waals surface area contributed by atoms with Gasteiger partial charge in [-0.25, -0.2) is 4.39 Å². The number of benzene rings is 1. The third-order valence-corrected chi connectivity index (χ3v) is 3.84. The van der Waals surface area contributed by atoms with Crippen LogP contribution in [0.25, 0.3) is 0 Å². The average molecular weight is 310 g/mol. The van der Waals surface area contributed by atoms with Crippen molar-refractivity contribution in [1.82, 2.24) is 15.2 Å². The molecule has 4 nitrogen and oxygen atoms in total. The smallest absolute Gasteiger partial charge is 0.128 e. The van der Waals surface area contributed by atoms with Crippen molar-refractivity contribution in [1.29, 1.82) is 5.41 Å². The molecular formula is C18H19FN4. The highest BCUT2D eigenvalue weighted by molar-refractivity contribution is 6.05. The summed E-state index contributed by atoms with van der Waals surface area (Å²) in [6, 6.07) is 12.2. The lowest BCUT2D eigenvalue weighted by atomic mass is 10.1. The first-order chi connectivity index (χ1) is 11.2. The van der Waals surface area contributed by atoms with Gasteiger partial charge >= 0.3 is 0 Å².